The lowest BCUT2D eigenvalue weighted by molar-refractivity contribution is 0.103. The summed E-state index contributed by atoms with van der Waals surface area (Å²) in [4.78, 5) is 12.3. The molecule has 0 saturated heterocycles. The SMILES string of the molecule is Cc1ccc(C(=O)c2ccc(C(CO)S(=O)[O-])cc2)cc1. The highest BCUT2D eigenvalue weighted by Gasteiger charge is 2.13. The fourth-order valence-corrected chi connectivity index (χ4v) is 2.50. The Morgan fingerprint density at radius 3 is 2.00 bits per heavy atom. The Morgan fingerprint density at radius 1 is 1.10 bits per heavy atom. The lowest BCUT2D eigenvalue weighted by Gasteiger charge is -2.17. The van der Waals surface area contributed by atoms with E-state index < -0.39 is 22.9 Å². The number of carbonyl (C=O) groups excluding carboxylic acids is 1. The van der Waals surface area contributed by atoms with Crippen LogP contribution < -0.4 is 0 Å². The van der Waals surface area contributed by atoms with Gasteiger partial charge in [-0.25, -0.2) is 0 Å². The summed E-state index contributed by atoms with van der Waals surface area (Å²) in [5.74, 6) is -0.120. The van der Waals surface area contributed by atoms with Gasteiger partial charge in [0.25, 0.3) is 0 Å². The molecule has 0 amide bonds. The number of benzene rings is 2. The standard InChI is InChI=1S/C16H16O4S/c1-11-2-4-13(5-3-11)16(18)14-8-6-12(7-9-14)15(10-17)21(19)20/h2-9,15,17H,10H2,1H3,(H,19,20)/p-1. The molecule has 0 spiro atoms. The number of hydrogen-bond donors (Lipinski definition) is 1. The highest BCUT2D eigenvalue weighted by atomic mass is 32.2. The lowest BCUT2D eigenvalue weighted by Crippen LogP contribution is -2.11. The number of aryl methyl sites for hydroxylation is 1. The van der Waals surface area contributed by atoms with E-state index in [9.17, 15) is 13.6 Å². The van der Waals surface area contributed by atoms with Gasteiger partial charge >= 0.3 is 0 Å². The molecule has 0 heterocycles. The van der Waals surface area contributed by atoms with E-state index in [2.05, 4.69) is 0 Å². The predicted molar refractivity (Wildman–Crippen MR) is 79.8 cm³/mol. The molecule has 0 aromatic heterocycles. The summed E-state index contributed by atoms with van der Waals surface area (Å²) in [6, 6.07) is 13.5. The number of aliphatic hydroxyl groups excluding tert-OH is 1. The van der Waals surface area contributed by atoms with Crippen LogP contribution in [-0.2, 0) is 11.1 Å². The molecule has 2 aromatic rings. The molecule has 2 unspecified atom stereocenters. The lowest BCUT2D eigenvalue weighted by atomic mass is 10.0. The largest absolute Gasteiger partial charge is 0.772 e. The normalized spacial score (nSPS) is 13.7. The van der Waals surface area contributed by atoms with Crippen LogP contribution in [0.4, 0.5) is 0 Å². The minimum atomic E-state index is -2.40. The van der Waals surface area contributed by atoms with Crippen LogP contribution in [0.15, 0.2) is 48.5 Å². The summed E-state index contributed by atoms with van der Waals surface area (Å²) in [5, 5.41) is 8.11. The van der Waals surface area contributed by atoms with E-state index in [0.717, 1.165) is 5.56 Å². The van der Waals surface area contributed by atoms with Gasteiger partial charge in [-0.3, -0.25) is 9.00 Å². The minimum absolute atomic E-state index is 0.120. The Morgan fingerprint density at radius 2 is 1.57 bits per heavy atom. The second kappa shape index (κ2) is 6.76. The molecule has 2 rings (SSSR count). The van der Waals surface area contributed by atoms with Crippen molar-refractivity contribution in [3.05, 3.63) is 70.8 Å². The van der Waals surface area contributed by atoms with Crippen molar-refractivity contribution in [2.45, 2.75) is 12.2 Å². The minimum Gasteiger partial charge on any atom is -0.772 e. The first-order valence-corrected chi connectivity index (χ1v) is 7.57. The highest BCUT2D eigenvalue weighted by Crippen LogP contribution is 2.20. The summed E-state index contributed by atoms with van der Waals surface area (Å²) >= 11 is -2.40. The second-order valence-corrected chi connectivity index (χ2v) is 5.84. The first-order valence-electron chi connectivity index (χ1n) is 6.43. The molecular formula is C16H15O4S-. The first kappa shape index (κ1) is 15.6. The second-order valence-electron chi connectivity index (χ2n) is 4.75. The third-order valence-electron chi connectivity index (χ3n) is 3.26. The van der Waals surface area contributed by atoms with E-state index in [0.29, 0.717) is 16.7 Å². The zero-order valence-corrected chi connectivity index (χ0v) is 12.3. The van der Waals surface area contributed by atoms with Crippen LogP contribution in [0.3, 0.4) is 0 Å². The first-order chi connectivity index (χ1) is 10.0. The van der Waals surface area contributed by atoms with Crippen molar-refractivity contribution in [2.24, 2.45) is 0 Å². The van der Waals surface area contributed by atoms with Crippen molar-refractivity contribution in [2.75, 3.05) is 6.61 Å². The van der Waals surface area contributed by atoms with Crippen LogP contribution in [0.5, 0.6) is 0 Å². The predicted octanol–water partition coefficient (Wildman–Crippen LogP) is 2.14. The maximum atomic E-state index is 12.3. The monoisotopic (exact) mass is 303 g/mol. The maximum Gasteiger partial charge on any atom is 0.193 e. The summed E-state index contributed by atoms with van der Waals surface area (Å²) in [5.41, 5.74) is 2.60. The van der Waals surface area contributed by atoms with Gasteiger partial charge in [-0.15, -0.1) is 0 Å². The molecule has 2 aromatic carbocycles. The Bertz CT molecular complexity index is 647. The Balaban J connectivity index is 2.24. The van der Waals surface area contributed by atoms with Gasteiger partial charge in [0.2, 0.25) is 0 Å². The number of aliphatic hydroxyl groups is 1. The van der Waals surface area contributed by atoms with Crippen molar-refractivity contribution in [3.8, 4) is 0 Å². The van der Waals surface area contributed by atoms with Crippen molar-refractivity contribution in [1.82, 2.24) is 0 Å². The van der Waals surface area contributed by atoms with E-state index >= 15 is 0 Å². The van der Waals surface area contributed by atoms with Crippen LogP contribution >= 0.6 is 0 Å². The van der Waals surface area contributed by atoms with Crippen LogP contribution in [0.25, 0.3) is 0 Å². The fourth-order valence-electron chi connectivity index (χ4n) is 2.00. The zero-order chi connectivity index (χ0) is 15.4. The van der Waals surface area contributed by atoms with Gasteiger partial charge in [0.05, 0.1) is 11.9 Å². The summed E-state index contributed by atoms with van der Waals surface area (Å²) < 4.78 is 22.0. The molecule has 0 saturated carbocycles. The Kier molecular flexibility index (Phi) is 5.01. The van der Waals surface area contributed by atoms with Gasteiger partial charge in [-0.1, -0.05) is 54.1 Å². The molecule has 2 atom stereocenters. The Hall–Kier alpha value is -1.82. The van der Waals surface area contributed by atoms with E-state index in [1.54, 1.807) is 36.4 Å². The van der Waals surface area contributed by atoms with Crippen LogP contribution in [0.2, 0.25) is 0 Å². The van der Waals surface area contributed by atoms with Crippen molar-refractivity contribution < 1.29 is 18.7 Å². The number of ketones is 1. The van der Waals surface area contributed by atoms with Gasteiger partial charge in [-0.05, 0) is 23.6 Å². The molecule has 0 bridgehead atoms. The molecule has 21 heavy (non-hydrogen) atoms. The van der Waals surface area contributed by atoms with Crippen LogP contribution in [0, 0.1) is 6.92 Å². The zero-order valence-electron chi connectivity index (χ0n) is 11.5. The third kappa shape index (κ3) is 3.64. The highest BCUT2D eigenvalue weighted by molar-refractivity contribution is 7.79. The fraction of sp³-hybridized carbons (Fsp3) is 0.188. The average Bonchev–Trinajstić information content (AvgIpc) is 2.48. The number of rotatable bonds is 5. The Labute approximate surface area is 125 Å². The maximum absolute atomic E-state index is 12.3. The smallest absolute Gasteiger partial charge is 0.193 e. The molecular weight excluding hydrogens is 288 g/mol. The van der Waals surface area contributed by atoms with E-state index in [-0.39, 0.29) is 5.78 Å². The van der Waals surface area contributed by atoms with Gasteiger partial charge in [0.15, 0.2) is 5.78 Å². The van der Waals surface area contributed by atoms with Gasteiger partial charge in [0, 0.05) is 11.1 Å². The number of carbonyl (C=O) groups is 1. The average molecular weight is 303 g/mol. The van der Waals surface area contributed by atoms with E-state index in [1.807, 2.05) is 19.1 Å². The molecule has 0 aliphatic carbocycles. The molecule has 0 aliphatic heterocycles. The molecule has 0 fully saturated rings. The van der Waals surface area contributed by atoms with Crippen molar-refractivity contribution >= 4 is 16.9 Å². The number of hydrogen-bond acceptors (Lipinski definition) is 4. The topological polar surface area (TPSA) is 77.4 Å². The van der Waals surface area contributed by atoms with E-state index in [4.69, 9.17) is 5.11 Å². The molecule has 0 aliphatic rings. The van der Waals surface area contributed by atoms with E-state index in [1.165, 1.54) is 0 Å². The molecule has 5 heteroatoms. The third-order valence-corrected chi connectivity index (χ3v) is 4.14. The summed E-state index contributed by atoms with van der Waals surface area (Å²) in [6.45, 7) is 1.46. The molecule has 1 N–H and O–H groups in total. The van der Waals surface area contributed by atoms with Crippen molar-refractivity contribution in [3.63, 3.8) is 0 Å². The van der Waals surface area contributed by atoms with Gasteiger partial charge < -0.3 is 9.66 Å². The molecule has 0 radical (unpaired) electrons. The quantitative estimate of drug-likeness (QED) is 0.678. The van der Waals surface area contributed by atoms with Gasteiger partial charge in [-0.2, -0.15) is 0 Å². The van der Waals surface area contributed by atoms with Crippen LogP contribution in [-0.4, -0.2) is 26.3 Å². The summed E-state index contributed by atoms with van der Waals surface area (Å²) in [7, 11) is 0. The summed E-state index contributed by atoms with van der Waals surface area (Å²) in [6.07, 6.45) is 0. The van der Waals surface area contributed by atoms with Crippen molar-refractivity contribution in [1.29, 1.82) is 0 Å². The molecule has 4 nitrogen and oxygen atoms in total. The van der Waals surface area contributed by atoms with Gasteiger partial charge in [0.1, 0.15) is 0 Å². The van der Waals surface area contributed by atoms with Crippen LogP contribution in [0.1, 0.15) is 32.3 Å². The molecule has 110 valence electrons.